The van der Waals surface area contributed by atoms with E-state index in [1.54, 1.807) is 0 Å². The molecular weight excluding hydrogens is 184 g/mol. The molecule has 0 aromatic heterocycles. The molecule has 2 rings (SSSR count). The summed E-state index contributed by atoms with van der Waals surface area (Å²) in [5.74, 6) is 0. The highest BCUT2D eigenvalue weighted by molar-refractivity contribution is 4.94. The van der Waals surface area contributed by atoms with E-state index in [4.69, 9.17) is 0 Å². The van der Waals surface area contributed by atoms with Crippen molar-refractivity contribution in [2.24, 2.45) is 0 Å². The summed E-state index contributed by atoms with van der Waals surface area (Å²) in [5, 5.41) is 3.65. The third-order valence-electron chi connectivity index (χ3n) is 4.47. The van der Waals surface area contributed by atoms with E-state index in [0.717, 1.165) is 6.04 Å². The van der Waals surface area contributed by atoms with Gasteiger partial charge < -0.3 is 5.32 Å². The van der Waals surface area contributed by atoms with Crippen molar-refractivity contribution in [2.45, 2.75) is 64.0 Å². The van der Waals surface area contributed by atoms with Crippen molar-refractivity contribution in [2.75, 3.05) is 19.6 Å². The Morgan fingerprint density at radius 2 is 2.07 bits per heavy atom. The maximum Gasteiger partial charge on any atom is 0.0181 e. The lowest BCUT2D eigenvalue weighted by molar-refractivity contribution is 0.0238. The van der Waals surface area contributed by atoms with Gasteiger partial charge in [0, 0.05) is 18.1 Å². The van der Waals surface area contributed by atoms with Crippen molar-refractivity contribution in [1.82, 2.24) is 10.2 Å². The highest BCUT2D eigenvalue weighted by Gasteiger charge is 2.37. The molecule has 1 unspecified atom stereocenters. The molecule has 2 aliphatic rings. The van der Waals surface area contributed by atoms with E-state index in [-0.39, 0.29) is 0 Å². The minimum atomic E-state index is 0.565. The van der Waals surface area contributed by atoms with E-state index in [0.29, 0.717) is 5.54 Å². The zero-order valence-electron chi connectivity index (χ0n) is 10.4. The average Bonchev–Trinajstić information content (AvgIpc) is 2.15. The second kappa shape index (κ2) is 4.84. The number of hydrogen-bond donors (Lipinski definition) is 1. The number of nitrogens with one attached hydrogen (secondary N) is 1. The number of rotatable bonds is 2. The van der Waals surface area contributed by atoms with Gasteiger partial charge in [-0.05, 0) is 58.5 Å². The fourth-order valence-corrected chi connectivity index (χ4v) is 2.99. The van der Waals surface area contributed by atoms with Gasteiger partial charge in [-0.1, -0.05) is 6.92 Å². The van der Waals surface area contributed by atoms with Crippen LogP contribution in [0.25, 0.3) is 0 Å². The molecule has 1 heterocycles. The van der Waals surface area contributed by atoms with Crippen LogP contribution in [0.5, 0.6) is 0 Å². The molecule has 1 saturated heterocycles. The van der Waals surface area contributed by atoms with Crippen LogP contribution in [-0.2, 0) is 0 Å². The fourth-order valence-electron chi connectivity index (χ4n) is 2.99. The molecule has 1 aliphatic carbocycles. The van der Waals surface area contributed by atoms with E-state index in [2.05, 4.69) is 24.1 Å². The van der Waals surface area contributed by atoms with Gasteiger partial charge in [0.1, 0.15) is 0 Å². The summed E-state index contributed by atoms with van der Waals surface area (Å²) in [6.07, 6.45) is 8.25. The molecule has 2 nitrogen and oxygen atoms in total. The third-order valence-corrected chi connectivity index (χ3v) is 4.47. The SMILES string of the molecule is CCC1CCN(C2(C)CCC2)CCCN1. The average molecular weight is 210 g/mol. The van der Waals surface area contributed by atoms with Gasteiger partial charge in [0.2, 0.25) is 0 Å². The summed E-state index contributed by atoms with van der Waals surface area (Å²) < 4.78 is 0. The first-order valence-corrected chi connectivity index (χ1v) is 6.73. The molecule has 1 aliphatic heterocycles. The Kier molecular flexibility index (Phi) is 3.68. The summed E-state index contributed by atoms with van der Waals surface area (Å²) in [6, 6.07) is 0.761. The van der Waals surface area contributed by atoms with Crippen molar-refractivity contribution in [1.29, 1.82) is 0 Å². The normalized spacial score (nSPS) is 32.8. The van der Waals surface area contributed by atoms with Crippen LogP contribution in [0.4, 0.5) is 0 Å². The van der Waals surface area contributed by atoms with Gasteiger partial charge in [-0.2, -0.15) is 0 Å². The summed E-state index contributed by atoms with van der Waals surface area (Å²) in [5.41, 5.74) is 0.565. The molecule has 2 fully saturated rings. The van der Waals surface area contributed by atoms with Crippen LogP contribution < -0.4 is 5.32 Å². The molecule has 0 aromatic rings. The predicted octanol–water partition coefficient (Wildman–Crippen LogP) is 2.39. The van der Waals surface area contributed by atoms with E-state index < -0.39 is 0 Å². The molecule has 0 spiro atoms. The van der Waals surface area contributed by atoms with Crippen LogP contribution in [0, 0.1) is 0 Å². The predicted molar refractivity (Wildman–Crippen MR) is 65.1 cm³/mol. The van der Waals surface area contributed by atoms with Gasteiger partial charge in [0.05, 0.1) is 0 Å². The third kappa shape index (κ3) is 2.54. The summed E-state index contributed by atoms with van der Waals surface area (Å²) >= 11 is 0. The molecule has 0 aromatic carbocycles. The molecule has 2 heteroatoms. The topological polar surface area (TPSA) is 15.3 Å². The Hall–Kier alpha value is -0.0800. The largest absolute Gasteiger partial charge is 0.314 e. The Labute approximate surface area is 94.4 Å². The smallest absolute Gasteiger partial charge is 0.0181 e. The van der Waals surface area contributed by atoms with Crippen molar-refractivity contribution in [3.63, 3.8) is 0 Å². The van der Waals surface area contributed by atoms with Crippen molar-refractivity contribution in [3.8, 4) is 0 Å². The molecule has 1 atom stereocenters. The molecule has 0 bridgehead atoms. The Morgan fingerprint density at radius 1 is 1.27 bits per heavy atom. The number of nitrogens with zero attached hydrogens (tertiary/aromatic N) is 1. The van der Waals surface area contributed by atoms with Gasteiger partial charge in [0.25, 0.3) is 0 Å². The zero-order valence-corrected chi connectivity index (χ0v) is 10.4. The van der Waals surface area contributed by atoms with Gasteiger partial charge in [0.15, 0.2) is 0 Å². The molecule has 1 N–H and O–H groups in total. The van der Waals surface area contributed by atoms with Gasteiger partial charge >= 0.3 is 0 Å². The first kappa shape index (κ1) is 11.4. The van der Waals surface area contributed by atoms with Crippen molar-refractivity contribution >= 4 is 0 Å². The maximum atomic E-state index is 3.65. The van der Waals surface area contributed by atoms with E-state index in [1.807, 2.05) is 0 Å². The summed E-state index contributed by atoms with van der Waals surface area (Å²) in [4.78, 5) is 2.76. The van der Waals surface area contributed by atoms with E-state index >= 15 is 0 Å². The van der Waals surface area contributed by atoms with Crippen LogP contribution in [0.1, 0.15) is 52.4 Å². The maximum absolute atomic E-state index is 3.65. The quantitative estimate of drug-likeness (QED) is 0.753. The fraction of sp³-hybridized carbons (Fsp3) is 1.00. The first-order valence-electron chi connectivity index (χ1n) is 6.73. The van der Waals surface area contributed by atoms with Crippen LogP contribution >= 0.6 is 0 Å². The van der Waals surface area contributed by atoms with Crippen LogP contribution in [0.2, 0.25) is 0 Å². The molecule has 1 saturated carbocycles. The van der Waals surface area contributed by atoms with Crippen LogP contribution in [-0.4, -0.2) is 36.1 Å². The summed E-state index contributed by atoms with van der Waals surface area (Å²) in [7, 11) is 0. The molecule has 15 heavy (non-hydrogen) atoms. The molecule has 0 radical (unpaired) electrons. The lowest BCUT2D eigenvalue weighted by atomic mass is 9.76. The molecule has 0 amide bonds. The Bertz CT molecular complexity index is 199. The second-order valence-electron chi connectivity index (χ2n) is 5.54. The number of hydrogen-bond acceptors (Lipinski definition) is 2. The van der Waals surface area contributed by atoms with Crippen molar-refractivity contribution in [3.05, 3.63) is 0 Å². The molecular formula is C13H26N2. The summed E-state index contributed by atoms with van der Waals surface area (Å²) in [6.45, 7) is 8.59. The van der Waals surface area contributed by atoms with Crippen LogP contribution in [0.15, 0.2) is 0 Å². The van der Waals surface area contributed by atoms with E-state index in [1.165, 1.54) is 58.2 Å². The van der Waals surface area contributed by atoms with E-state index in [9.17, 15) is 0 Å². The van der Waals surface area contributed by atoms with Crippen molar-refractivity contribution < 1.29 is 0 Å². The van der Waals surface area contributed by atoms with Gasteiger partial charge in [-0.15, -0.1) is 0 Å². The Balaban J connectivity index is 1.88. The first-order chi connectivity index (χ1) is 7.24. The molecule has 88 valence electrons. The second-order valence-corrected chi connectivity index (χ2v) is 5.54. The zero-order chi connectivity index (χ0) is 10.7. The van der Waals surface area contributed by atoms with Gasteiger partial charge in [-0.25, -0.2) is 0 Å². The van der Waals surface area contributed by atoms with Crippen LogP contribution in [0.3, 0.4) is 0 Å². The minimum absolute atomic E-state index is 0.565. The lowest BCUT2D eigenvalue weighted by Gasteiger charge is -2.49. The monoisotopic (exact) mass is 210 g/mol. The highest BCUT2D eigenvalue weighted by atomic mass is 15.2. The lowest BCUT2D eigenvalue weighted by Crippen LogP contribution is -2.54. The standard InChI is InChI=1S/C13H26N2/c1-3-12-6-11-15(10-5-9-14-12)13(2)7-4-8-13/h12,14H,3-11H2,1-2H3. The van der Waals surface area contributed by atoms with Gasteiger partial charge in [-0.3, -0.25) is 4.90 Å². The highest BCUT2D eigenvalue weighted by Crippen LogP contribution is 2.37. The minimum Gasteiger partial charge on any atom is -0.314 e. The Morgan fingerprint density at radius 3 is 2.67 bits per heavy atom.